The van der Waals surface area contributed by atoms with Crippen molar-refractivity contribution in [2.75, 3.05) is 24.6 Å². The molecular formula is C14H19NO3S. The molecule has 1 aromatic rings. The molecule has 1 heterocycles. The van der Waals surface area contributed by atoms with E-state index in [9.17, 15) is 13.2 Å². The number of aryl methyl sites for hydroxylation is 1. The van der Waals surface area contributed by atoms with E-state index in [1.807, 2.05) is 24.3 Å². The average molecular weight is 281 g/mol. The van der Waals surface area contributed by atoms with Crippen molar-refractivity contribution in [2.45, 2.75) is 19.8 Å². The largest absolute Gasteiger partial charge is 0.337 e. The van der Waals surface area contributed by atoms with Gasteiger partial charge in [-0.15, -0.1) is 0 Å². The third kappa shape index (κ3) is 3.56. The van der Waals surface area contributed by atoms with Crippen molar-refractivity contribution in [3.8, 4) is 0 Å². The number of rotatable bonds is 3. The fourth-order valence-corrected chi connectivity index (χ4v) is 3.40. The fraction of sp³-hybridized carbons (Fsp3) is 0.500. The van der Waals surface area contributed by atoms with E-state index >= 15 is 0 Å². The number of hydrogen-bond donors (Lipinski definition) is 0. The van der Waals surface area contributed by atoms with Crippen LogP contribution in [0.1, 0.15) is 29.3 Å². The van der Waals surface area contributed by atoms with E-state index in [1.54, 1.807) is 4.90 Å². The van der Waals surface area contributed by atoms with Crippen LogP contribution in [0, 0.1) is 0 Å². The number of carbonyl (C=O) groups is 1. The van der Waals surface area contributed by atoms with Gasteiger partial charge in [-0.1, -0.05) is 25.5 Å². The maximum atomic E-state index is 12.2. The molecule has 1 amide bonds. The summed E-state index contributed by atoms with van der Waals surface area (Å²) in [5, 5.41) is 0. The number of nitrogens with zero attached hydrogens (tertiary/aromatic N) is 1. The zero-order valence-corrected chi connectivity index (χ0v) is 11.9. The molecule has 0 spiro atoms. The van der Waals surface area contributed by atoms with Crippen molar-refractivity contribution in [1.29, 1.82) is 0 Å². The second-order valence-corrected chi connectivity index (χ2v) is 7.19. The van der Waals surface area contributed by atoms with Crippen molar-refractivity contribution in [3.63, 3.8) is 0 Å². The van der Waals surface area contributed by atoms with Crippen molar-refractivity contribution < 1.29 is 13.2 Å². The van der Waals surface area contributed by atoms with Crippen LogP contribution >= 0.6 is 0 Å². The van der Waals surface area contributed by atoms with Crippen molar-refractivity contribution >= 4 is 15.7 Å². The van der Waals surface area contributed by atoms with Gasteiger partial charge in [0.2, 0.25) is 0 Å². The molecule has 0 saturated carbocycles. The van der Waals surface area contributed by atoms with Gasteiger partial charge in [0.25, 0.3) is 5.91 Å². The monoisotopic (exact) mass is 281 g/mol. The molecular weight excluding hydrogens is 262 g/mol. The minimum absolute atomic E-state index is 0.0713. The summed E-state index contributed by atoms with van der Waals surface area (Å²) in [6.07, 6.45) is 2.09. The molecule has 5 heteroatoms. The van der Waals surface area contributed by atoms with E-state index in [-0.39, 0.29) is 17.4 Å². The highest BCUT2D eigenvalue weighted by molar-refractivity contribution is 7.91. The Balaban J connectivity index is 2.04. The SMILES string of the molecule is CCCc1ccc(C(=O)N2CCS(=O)(=O)CC2)cc1. The summed E-state index contributed by atoms with van der Waals surface area (Å²) in [4.78, 5) is 13.8. The minimum Gasteiger partial charge on any atom is -0.337 e. The Morgan fingerprint density at radius 1 is 1.16 bits per heavy atom. The normalized spacial score (nSPS) is 18.3. The van der Waals surface area contributed by atoms with Crippen molar-refractivity contribution in [1.82, 2.24) is 4.90 Å². The molecule has 19 heavy (non-hydrogen) atoms. The van der Waals surface area contributed by atoms with Gasteiger partial charge >= 0.3 is 0 Å². The Kier molecular flexibility index (Phi) is 4.24. The molecule has 0 aromatic heterocycles. The summed E-state index contributed by atoms with van der Waals surface area (Å²) in [5.41, 5.74) is 1.86. The lowest BCUT2D eigenvalue weighted by atomic mass is 10.1. The fourth-order valence-electron chi connectivity index (χ4n) is 2.20. The molecule has 0 aliphatic carbocycles. The molecule has 1 aliphatic heterocycles. The molecule has 1 fully saturated rings. The van der Waals surface area contributed by atoms with Gasteiger partial charge in [-0.05, 0) is 24.1 Å². The van der Waals surface area contributed by atoms with E-state index in [1.165, 1.54) is 5.56 Å². The van der Waals surface area contributed by atoms with Gasteiger partial charge in [-0.3, -0.25) is 4.79 Å². The smallest absolute Gasteiger partial charge is 0.253 e. The molecule has 0 atom stereocenters. The summed E-state index contributed by atoms with van der Waals surface area (Å²) < 4.78 is 22.7. The lowest BCUT2D eigenvalue weighted by molar-refractivity contribution is 0.0770. The topological polar surface area (TPSA) is 54.5 Å². The Labute approximate surface area is 114 Å². The Morgan fingerprint density at radius 2 is 1.74 bits per heavy atom. The van der Waals surface area contributed by atoms with Crippen molar-refractivity contribution in [2.24, 2.45) is 0 Å². The van der Waals surface area contributed by atoms with Crippen LogP contribution < -0.4 is 0 Å². The second kappa shape index (κ2) is 5.74. The van der Waals surface area contributed by atoms with Crippen LogP contribution in [0.2, 0.25) is 0 Å². The van der Waals surface area contributed by atoms with E-state index in [4.69, 9.17) is 0 Å². The van der Waals surface area contributed by atoms with Crippen LogP contribution in [0.5, 0.6) is 0 Å². The summed E-state index contributed by atoms with van der Waals surface area (Å²) in [7, 11) is -2.94. The first kappa shape index (κ1) is 14.1. The van der Waals surface area contributed by atoms with Gasteiger partial charge in [0.1, 0.15) is 0 Å². The highest BCUT2D eigenvalue weighted by Gasteiger charge is 2.25. The maximum absolute atomic E-state index is 12.2. The van der Waals surface area contributed by atoms with Gasteiger partial charge in [0.05, 0.1) is 11.5 Å². The first-order chi connectivity index (χ1) is 9.02. The second-order valence-electron chi connectivity index (χ2n) is 4.89. The molecule has 0 bridgehead atoms. The molecule has 1 aromatic carbocycles. The quantitative estimate of drug-likeness (QED) is 0.844. The predicted octanol–water partition coefficient (Wildman–Crippen LogP) is 1.51. The number of carbonyl (C=O) groups excluding carboxylic acids is 1. The van der Waals surface area contributed by atoms with Crippen LogP contribution in [0.25, 0.3) is 0 Å². The molecule has 1 saturated heterocycles. The number of benzene rings is 1. The first-order valence-electron chi connectivity index (χ1n) is 6.60. The summed E-state index contributed by atoms with van der Waals surface area (Å²) in [6.45, 7) is 2.73. The third-order valence-corrected chi connectivity index (χ3v) is 4.98. The van der Waals surface area contributed by atoms with Gasteiger partial charge in [-0.25, -0.2) is 8.42 Å². The first-order valence-corrected chi connectivity index (χ1v) is 8.42. The average Bonchev–Trinajstić information content (AvgIpc) is 2.39. The molecule has 104 valence electrons. The number of hydrogen-bond acceptors (Lipinski definition) is 3. The Morgan fingerprint density at radius 3 is 2.26 bits per heavy atom. The van der Waals surface area contributed by atoms with Crippen LogP contribution in [0.4, 0.5) is 0 Å². The highest BCUT2D eigenvalue weighted by Crippen LogP contribution is 2.12. The van der Waals surface area contributed by atoms with Gasteiger partial charge in [-0.2, -0.15) is 0 Å². The van der Waals surface area contributed by atoms with Crippen LogP contribution in [-0.2, 0) is 16.3 Å². The van der Waals surface area contributed by atoms with Crippen LogP contribution in [0.3, 0.4) is 0 Å². The molecule has 2 rings (SSSR count). The molecule has 0 N–H and O–H groups in total. The maximum Gasteiger partial charge on any atom is 0.253 e. The standard InChI is InChI=1S/C14H19NO3S/c1-2-3-12-4-6-13(7-5-12)14(16)15-8-10-19(17,18)11-9-15/h4-7H,2-3,8-11H2,1H3. The Bertz CT molecular complexity index is 535. The third-order valence-electron chi connectivity index (χ3n) is 3.37. The molecule has 0 radical (unpaired) electrons. The van der Waals surface area contributed by atoms with E-state index in [0.717, 1.165) is 12.8 Å². The summed E-state index contributed by atoms with van der Waals surface area (Å²) >= 11 is 0. The lowest BCUT2D eigenvalue weighted by Gasteiger charge is -2.26. The zero-order chi connectivity index (χ0) is 13.9. The minimum atomic E-state index is -2.94. The Hall–Kier alpha value is -1.36. The highest BCUT2D eigenvalue weighted by atomic mass is 32.2. The van der Waals surface area contributed by atoms with Gasteiger partial charge in [0, 0.05) is 18.7 Å². The summed E-state index contributed by atoms with van der Waals surface area (Å²) in [5.74, 6) is 0.0808. The van der Waals surface area contributed by atoms with E-state index in [0.29, 0.717) is 18.7 Å². The molecule has 1 aliphatic rings. The van der Waals surface area contributed by atoms with Crippen molar-refractivity contribution in [3.05, 3.63) is 35.4 Å². The number of sulfone groups is 1. The van der Waals surface area contributed by atoms with Crippen LogP contribution in [-0.4, -0.2) is 43.8 Å². The van der Waals surface area contributed by atoms with Gasteiger partial charge < -0.3 is 4.90 Å². The van der Waals surface area contributed by atoms with E-state index < -0.39 is 9.84 Å². The number of amides is 1. The molecule has 4 nitrogen and oxygen atoms in total. The van der Waals surface area contributed by atoms with Crippen LogP contribution in [0.15, 0.2) is 24.3 Å². The predicted molar refractivity (Wildman–Crippen MR) is 75.0 cm³/mol. The molecule has 0 unspecified atom stereocenters. The van der Waals surface area contributed by atoms with Gasteiger partial charge in [0.15, 0.2) is 9.84 Å². The lowest BCUT2D eigenvalue weighted by Crippen LogP contribution is -2.43. The van der Waals surface area contributed by atoms with E-state index in [2.05, 4.69) is 6.92 Å². The zero-order valence-electron chi connectivity index (χ0n) is 11.1. The summed E-state index contributed by atoms with van der Waals surface area (Å²) in [6, 6.07) is 7.60.